The maximum atomic E-state index is 13.1. The number of carbonyl (C=O) groups excluding carboxylic acids is 3. The van der Waals surface area contributed by atoms with Crippen molar-refractivity contribution in [1.29, 1.82) is 0 Å². The molecule has 4 heterocycles. The van der Waals surface area contributed by atoms with Crippen molar-refractivity contribution < 1.29 is 60.6 Å². The molecular formula is C35H46F3N6O10P. The van der Waals surface area contributed by atoms with E-state index in [1.165, 1.54) is 22.7 Å². The largest absolute Gasteiger partial charge is 0.464 e. The molecule has 2 aliphatic rings. The molecule has 5 atom stereocenters. The number of carbonyl (C=O) groups is 3. The molecule has 16 nitrogen and oxygen atoms in total. The van der Waals surface area contributed by atoms with Crippen LogP contribution in [0.15, 0.2) is 48.8 Å². The Balaban J connectivity index is 1.33. The van der Waals surface area contributed by atoms with Crippen LogP contribution < -0.4 is 15.7 Å². The number of nitrogens with two attached hydrogens (primary N) is 1. The number of hydrogen-bond donors (Lipinski definition) is 2. The van der Waals surface area contributed by atoms with E-state index < -0.39 is 62.5 Å². The standard InChI is InChI=1S/C35H46F3N6O10P/c1-5-28(45)51-32-33(4,49-21-34(32,52-29(46)6-2)27-13-12-26-30(39)40-22-41-44(26)27)20-50-55(54-53-25-10-8-7-9-11-25)42-23(3)31(47)48-18-24-14-16-43(17-15-24)19-35(36,37)38/h7-13,22-24,32,42H,5-6,14-21H2,1-4H3,(H2,39,40,41)/t23-,32+,33+,34-,55?/m0/s1. The number of aromatic nitrogens is 3. The van der Waals surface area contributed by atoms with E-state index >= 15 is 0 Å². The van der Waals surface area contributed by atoms with Crippen LogP contribution in [-0.4, -0.2) is 101 Å². The lowest BCUT2D eigenvalue weighted by Crippen LogP contribution is -2.54. The highest BCUT2D eigenvalue weighted by Crippen LogP contribution is 2.48. The van der Waals surface area contributed by atoms with Gasteiger partial charge in [-0.1, -0.05) is 32.0 Å². The van der Waals surface area contributed by atoms with E-state index in [1.807, 2.05) is 0 Å². The molecule has 1 unspecified atom stereocenters. The van der Waals surface area contributed by atoms with Crippen LogP contribution in [0.5, 0.6) is 5.75 Å². The van der Waals surface area contributed by atoms with Gasteiger partial charge in [0.15, 0.2) is 17.7 Å². The van der Waals surface area contributed by atoms with Gasteiger partial charge in [0.2, 0.25) is 5.60 Å². The van der Waals surface area contributed by atoms with Crippen molar-refractivity contribution in [3.63, 3.8) is 0 Å². The van der Waals surface area contributed by atoms with Crippen LogP contribution in [0.3, 0.4) is 0 Å². The average molecular weight is 799 g/mol. The van der Waals surface area contributed by atoms with Crippen molar-refractivity contribution in [2.24, 2.45) is 5.92 Å². The zero-order valence-electron chi connectivity index (χ0n) is 31.0. The van der Waals surface area contributed by atoms with Crippen molar-refractivity contribution in [3.8, 4) is 5.75 Å². The predicted molar refractivity (Wildman–Crippen MR) is 190 cm³/mol. The van der Waals surface area contributed by atoms with E-state index in [2.05, 4.69) is 15.2 Å². The zero-order chi connectivity index (χ0) is 39.8. The maximum Gasteiger partial charge on any atom is 0.401 e. The monoisotopic (exact) mass is 798 g/mol. The number of para-hydroxylation sites is 1. The number of piperidine rings is 1. The summed E-state index contributed by atoms with van der Waals surface area (Å²) in [6.45, 7) is 5.31. The van der Waals surface area contributed by atoms with Crippen LogP contribution in [0.25, 0.3) is 5.52 Å². The molecule has 2 aromatic heterocycles. The van der Waals surface area contributed by atoms with Gasteiger partial charge in [-0.05, 0) is 70.0 Å². The Labute approximate surface area is 316 Å². The summed E-state index contributed by atoms with van der Waals surface area (Å²) in [6.07, 6.45) is -3.45. The number of nitrogen functional groups attached to an aromatic ring is 1. The first kappa shape index (κ1) is 42.0. The summed E-state index contributed by atoms with van der Waals surface area (Å²) in [5, 5.41) is 7.26. The lowest BCUT2D eigenvalue weighted by molar-refractivity contribution is -0.189. The summed E-state index contributed by atoms with van der Waals surface area (Å²) >= 11 is 0. The number of ether oxygens (including phenoxy) is 4. The first-order valence-corrected chi connectivity index (χ1v) is 19.0. The number of halogens is 3. The van der Waals surface area contributed by atoms with Crippen molar-refractivity contribution in [1.82, 2.24) is 24.6 Å². The number of fused-ring (bicyclic) bond motifs is 1. The molecule has 5 rings (SSSR count). The van der Waals surface area contributed by atoms with Crippen LogP contribution in [0.2, 0.25) is 0 Å². The molecule has 0 aliphatic carbocycles. The Kier molecular flexibility index (Phi) is 13.9. The Hall–Kier alpha value is -4.13. The minimum Gasteiger partial charge on any atom is -0.464 e. The van der Waals surface area contributed by atoms with E-state index in [-0.39, 0.29) is 57.5 Å². The van der Waals surface area contributed by atoms with Gasteiger partial charge in [-0.15, -0.1) is 4.67 Å². The smallest absolute Gasteiger partial charge is 0.401 e. The number of rotatable bonds is 17. The second-order valence-corrected chi connectivity index (χ2v) is 14.7. The minimum absolute atomic E-state index is 0.00500. The van der Waals surface area contributed by atoms with Gasteiger partial charge in [0, 0.05) is 12.8 Å². The molecule has 3 aromatic rings. The normalized spacial score (nSPS) is 23.3. The number of alkyl halides is 3. The Morgan fingerprint density at radius 1 is 1.09 bits per heavy atom. The first-order chi connectivity index (χ1) is 26.2. The zero-order valence-corrected chi connectivity index (χ0v) is 31.8. The number of nitrogens with one attached hydrogen (secondary N) is 1. The lowest BCUT2D eigenvalue weighted by Gasteiger charge is -2.37. The van der Waals surface area contributed by atoms with Gasteiger partial charge >= 0.3 is 32.6 Å². The Bertz CT molecular complexity index is 1770. The highest BCUT2D eigenvalue weighted by atomic mass is 31.2. The van der Waals surface area contributed by atoms with Crippen LogP contribution >= 0.6 is 8.53 Å². The summed E-state index contributed by atoms with van der Waals surface area (Å²) in [7, 11) is -2.28. The second-order valence-electron chi connectivity index (χ2n) is 13.5. The summed E-state index contributed by atoms with van der Waals surface area (Å²) in [5.74, 6) is -1.47. The van der Waals surface area contributed by atoms with Crippen molar-refractivity contribution in [2.75, 3.05) is 45.2 Å². The molecule has 302 valence electrons. The number of nitrogens with zero attached hydrogens (tertiary/aromatic N) is 4. The number of likely N-dealkylation sites (tertiary alicyclic amines) is 1. The van der Waals surface area contributed by atoms with Crippen LogP contribution in [0.1, 0.15) is 59.1 Å². The van der Waals surface area contributed by atoms with E-state index in [4.69, 9.17) is 38.8 Å². The first-order valence-electron chi connectivity index (χ1n) is 17.8. The molecule has 0 radical (unpaired) electrons. The van der Waals surface area contributed by atoms with Gasteiger partial charge < -0.3 is 34.1 Å². The third kappa shape index (κ3) is 10.6. The predicted octanol–water partition coefficient (Wildman–Crippen LogP) is 4.62. The van der Waals surface area contributed by atoms with E-state index in [9.17, 15) is 27.6 Å². The molecule has 3 N–H and O–H groups in total. The summed E-state index contributed by atoms with van der Waals surface area (Å²) < 4.78 is 75.7. The lowest BCUT2D eigenvalue weighted by atomic mass is 9.85. The fraction of sp³-hybridized carbons (Fsp3) is 0.571. The van der Waals surface area contributed by atoms with Gasteiger partial charge in [0.05, 0.1) is 32.1 Å². The summed E-state index contributed by atoms with van der Waals surface area (Å²) in [5.41, 5.74) is 3.62. The van der Waals surface area contributed by atoms with Crippen molar-refractivity contribution in [2.45, 2.75) is 82.9 Å². The Morgan fingerprint density at radius 2 is 1.80 bits per heavy atom. The SMILES string of the molecule is CCC(=O)O[C@@H]1[C@@](C)(COP(N[C@@H](C)C(=O)OCC2CCN(CC(F)(F)F)CC2)OOc2ccccc2)OC[C@]1(OC(=O)CC)c1ccc2c(N)ncnn12. The Morgan fingerprint density at radius 3 is 2.47 bits per heavy atom. The topological polar surface area (TPSA) is 187 Å². The minimum atomic E-state index is -4.28. The van der Waals surface area contributed by atoms with E-state index in [0.717, 1.165) is 0 Å². The third-order valence-corrected chi connectivity index (χ3v) is 10.4. The molecule has 0 bridgehead atoms. The maximum absolute atomic E-state index is 13.1. The molecular weight excluding hydrogens is 752 g/mol. The van der Waals surface area contributed by atoms with Gasteiger partial charge in [0.1, 0.15) is 23.5 Å². The molecule has 55 heavy (non-hydrogen) atoms. The fourth-order valence-corrected chi connectivity index (χ4v) is 7.39. The number of anilines is 1. The quantitative estimate of drug-likeness (QED) is 0.0633. The fourth-order valence-electron chi connectivity index (χ4n) is 6.28. The molecule has 0 saturated carbocycles. The highest BCUT2D eigenvalue weighted by molar-refractivity contribution is 7.44. The van der Waals surface area contributed by atoms with E-state index in [0.29, 0.717) is 29.8 Å². The van der Waals surface area contributed by atoms with Crippen molar-refractivity contribution >= 4 is 37.8 Å². The summed E-state index contributed by atoms with van der Waals surface area (Å²) in [6, 6.07) is 10.8. The number of hydrogen-bond acceptors (Lipinski definition) is 15. The molecule has 2 aliphatic heterocycles. The highest BCUT2D eigenvalue weighted by Gasteiger charge is 2.64. The summed E-state index contributed by atoms with van der Waals surface area (Å²) in [4.78, 5) is 50.0. The number of esters is 3. The second kappa shape index (κ2) is 18.2. The molecule has 0 spiro atoms. The van der Waals surface area contributed by atoms with Crippen LogP contribution in [0.4, 0.5) is 19.0 Å². The van der Waals surface area contributed by atoms with Gasteiger partial charge in [-0.3, -0.25) is 19.3 Å². The van der Waals surface area contributed by atoms with Gasteiger partial charge in [-0.25, -0.2) is 14.6 Å². The van der Waals surface area contributed by atoms with Crippen LogP contribution in [0, 0.1) is 5.92 Å². The molecule has 0 amide bonds. The molecule has 1 aromatic carbocycles. The molecule has 20 heteroatoms. The van der Waals surface area contributed by atoms with Crippen LogP contribution in [-0.2, 0) is 48.1 Å². The molecule has 2 saturated heterocycles. The van der Waals surface area contributed by atoms with Gasteiger partial charge in [0.25, 0.3) is 0 Å². The van der Waals surface area contributed by atoms with Gasteiger partial charge in [-0.2, -0.15) is 18.3 Å². The molecule has 2 fully saturated rings. The van der Waals surface area contributed by atoms with Crippen molar-refractivity contribution in [3.05, 3.63) is 54.5 Å². The third-order valence-electron chi connectivity index (χ3n) is 9.27. The average Bonchev–Trinajstić information content (AvgIpc) is 3.72. The van der Waals surface area contributed by atoms with E-state index in [1.54, 1.807) is 63.2 Å². The number of benzene rings is 1.